The van der Waals surface area contributed by atoms with Crippen LogP contribution in [0, 0.1) is 0 Å². The van der Waals surface area contributed by atoms with E-state index in [-0.39, 0.29) is 17.5 Å². The first-order valence-electron chi connectivity index (χ1n) is 8.99. The predicted octanol–water partition coefficient (Wildman–Crippen LogP) is 5.14. The number of carbonyl (C=O) groups excluding carboxylic acids is 2. The molecule has 0 spiro atoms. The van der Waals surface area contributed by atoms with Gasteiger partial charge in [-0.1, -0.05) is 22.0 Å². The number of nitrogen functional groups attached to an aromatic ring is 1. The van der Waals surface area contributed by atoms with Crippen molar-refractivity contribution in [3.05, 3.63) is 86.1 Å². The Kier molecular flexibility index (Phi) is 5.10. The van der Waals surface area contributed by atoms with Crippen LogP contribution in [0.25, 0.3) is 0 Å². The van der Waals surface area contributed by atoms with E-state index < -0.39 is 0 Å². The molecule has 1 aliphatic heterocycles. The number of aromatic nitrogens is 1. The zero-order valence-electron chi connectivity index (χ0n) is 15.8. The first-order chi connectivity index (χ1) is 13.9. The van der Waals surface area contributed by atoms with Crippen molar-refractivity contribution in [3.8, 4) is 0 Å². The van der Waals surface area contributed by atoms with Crippen LogP contribution < -0.4 is 11.1 Å². The maximum atomic E-state index is 13.1. The minimum atomic E-state index is -0.361. The van der Waals surface area contributed by atoms with Crippen LogP contribution in [0.5, 0.6) is 0 Å². The minimum Gasteiger partial charge on any atom is -0.397 e. The zero-order chi connectivity index (χ0) is 20.7. The lowest BCUT2D eigenvalue weighted by atomic mass is 9.81. The summed E-state index contributed by atoms with van der Waals surface area (Å²) in [4.78, 5) is 30.3. The van der Waals surface area contributed by atoms with Gasteiger partial charge in [-0.3, -0.25) is 14.6 Å². The van der Waals surface area contributed by atoms with Gasteiger partial charge in [-0.25, -0.2) is 0 Å². The quantitative estimate of drug-likeness (QED) is 0.518. The van der Waals surface area contributed by atoms with Crippen molar-refractivity contribution in [2.24, 2.45) is 0 Å². The van der Waals surface area contributed by atoms with Crippen molar-refractivity contribution in [2.45, 2.75) is 19.8 Å². The lowest BCUT2D eigenvalue weighted by molar-refractivity contribution is -0.113. The fraction of sp³-hybridized carbons (Fsp3) is 0.136. The second-order valence-corrected chi connectivity index (χ2v) is 8.80. The average Bonchev–Trinajstić information content (AvgIpc) is 3.03. The predicted molar refractivity (Wildman–Crippen MR) is 119 cm³/mol. The SMILES string of the molecule is CC(=O)C1=C(C)Nc2sc(C(=O)c3ccc(Br)cc3)c(N)c2C1c1cccnc1. The largest absolute Gasteiger partial charge is 0.397 e. The number of thiophene rings is 1. The maximum Gasteiger partial charge on any atom is 0.205 e. The van der Waals surface area contributed by atoms with Gasteiger partial charge in [-0.15, -0.1) is 11.3 Å². The van der Waals surface area contributed by atoms with Gasteiger partial charge in [-0.2, -0.15) is 0 Å². The number of rotatable bonds is 4. The van der Waals surface area contributed by atoms with E-state index >= 15 is 0 Å². The fourth-order valence-corrected chi connectivity index (χ4v) is 5.12. The number of Topliss-reactive ketones (excluding diaryl/α,β-unsaturated/α-hetero) is 1. The third kappa shape index (κ3) is 3.41. The number of pyridine rings is 1. The second kappa shape index (κ2) is 7.57. The summed E-state index contributed by atoms with van der Waals surface area (Å²) in [6.07, 6.45) is 3.43. The van der Waals surface area contributed by atoms with Crippen molar-refractivity contribution in [1.29, 1.82) is 0 Å². The van der Waals surface area contributed by atoms with Gasteiger partial charge in [0.25, 0.3) is 0 Å². The van der Waals surface area contributed by atoms with Crippen molar-refractivity contribution in [3.63, 3.8) is 0 Å². The smallest absolute Gasteiger partial charge is 0.205 e. The number of hydrogen-bond donors (Lipinski definition) is 2. The van der Waals surface area contributed by atoms with Gasteiger partial charge in [-0.05, 0) is 49.7 Å². The lowest BCUT2D eigenvalue weighted by Gasteiger charge is -2.28. The molecule has 0 aliphatic carbocycles. The Morgan fingerprint density at radius 3 is 2.55 bits per heavy atom. The summed E-state index contributed by atoms with van der Waals surface area (Å²) in [6.45, 7) is 3.42. The molecule has 29 heavy (non-hydrogen) atoms. The summed E-state index contributed by atoms with van der Waals surface area (Å²) in [5.41, 5.74) is 10.5. The van der Waals surface area contributed by atoms with Crippen LogP contribution in [0.2, 0.25) is 0 Å². The molecule has 1 atom stereocenters. The van der Waals surface area contributed by atoms with Gasteiger partial charge in [0, 0.05) is 45.2 Å². The van der Waals surface area contributed by atoms with E-state index in [0.717, 1.165) is 26.3 Å². The van der Waals surface area contributed by atoms with Gasteiger partial charge in [0.2, 0.25) is 5.78 Å². The molecule has 5 nitrogen and oxygen atoms in total. The molecule has 0 saturated heterocycles. The monoisotopic (exact) mass is 467 g/mol. The summed E-state index contributed by atoms with van der Waals surface area (Å²) >= 11 is 4.71. The summed E-state index contributed by atoms with van der Waals surface area (Å²) in [6, 6.07) is 10.9. The first kappa shape index (κ1) is 19.5. The highest BCUT2D eigenvalue weighted by molar-refractivity contribution is 9.10. The van der Waals surface area contributed by atoms with Gasteiger partial charge >= 0.3 is 0 Å². The number of nitrogens with one attached hydrogen (secondary N) is 1. The van der Waals surface area contributed by atoms with Crippen molar-refractivity contribution in [2.75, 3.05) is 11.1 Å². The molecular weight excluding hydrogens is 450 g/mol. The number of nitrogens with two attached hydrogens (primary N) is 1. The van der Waals surface area contributed by atoms with Gasteiger partial charge < -0.3 is 11.1 Å². The third-order valence-corrected chi connectivity index (χ3v) is 6.64. The molecule has 7 heteroatoms. The molecule has 1 aliphatic rings. The van der Waals surface area contributed by atoms with Crippen LogP contribution in [-0.2, 0) is 4.79 Å². The average molecular weight is 468 g/mol. The number of allylic oxidation sites excluding steroid dienone is 2. The number of hydrogen-bond acceptors (Lipinski definition) is 6. The molecule has 0 saturated carbocycles. The molecule has 0 fully saturated rings. The minimum absolute atomic E-state index is 0.0408. The molecule has 3 heterocycles. The molecule has 0 bridgehead atoms. The number of fused-ring (bicyclic) bond motifs is 1. The van der Waals surface area contributed by atoms with Gasteiger partial charge in [0.15, 0.2) is 5.78 Å². The third-order valence-electron chi connectivity index (χ3n) is 4.98. The Morgan fingerprint density at radius 2 is 1.93 bits per heavy atom. The van der Waals surface area contributed by atoms with E-state index in [0.29, 0.717) is 21.7 Å². The molecular formula is C22H18BrN3O2S. The molecule has 0 radical (unpaired) electrons. The molecule has 1 unspecified atom stereocenters. The van der Waals surface area contributed by atoms with Crippen molar-refractivity contribution < 1.29 is 9.59 Å². The Balaban J connectivity index is 1.88. The van der Waals surface area contributed by atoms with E-state index in [1.165, 1.54) is 11.3 Å². The van der Waals surface area contributed by atoms with Crippen LogP contribution >= 0.6 is 27.3 Å². The fourth-order valence-electron chi connectivity index (χ4n) is 3.68. The Bertz CT molecular complexity index is 1150. The standard InChI is InChI=1S/C22H18BrN3O2S/c1-11-16(12(2)27)17(14-4-3-9-25-10-14)18-19(24)21(29-22(18)26-11)20(28)13-5-7-15(23)8-6-13/h3-10,17,26H,24H2,1-2H3. The van der Waals surface area contributed by atoms with Crippen LogP contribution in [0.1, 0.15) is 46.1 Å². The number of carbonyl (C=O) groups is 2. The number of nitrogens with zero attached hydrogens (tertiary/aromatic N) is 1. The summed E-state index contributed by atoms with van der Waals surface area (Å²) in [5, 5.41) is 4.08. The number of ketones is 2. The van der Waals surface area contributed by atoms with E-state index in [4.69, 9.17) is 5.73 Å². The second-order valence-electron chi connectivity index (χ2n) is 6.86. The maximum absolute atomic E-state index is 13.1. The normalized spacial score (nSPS) is 15.6. The Hall–Kier alpha value is -2.77. The van der Waals surface area contributed by atoms with Crippen LogP contribution in [-0.4, -0.2) is 16.6 Å². The molecule has 3 N–H and O–H groups in total. The van der Waals surface area contributed by atoms with Crippen molar-refractivity contribution in [1.82, 2.24) is 4.98 Å². The Morgan fingerprint density at radius 1 is 1.21 bits per heavy atom. The van der Waals surface area contributed by atoms with E-state index in [1.54, 1.807) is 31.5 Å². The topological polar surface area (TPSA) is 85.1 Å². The molecule has 2 aromatic heterocycles. The Labute approximate surface area is 180 Å². The zero-order valence-corrected chi connectivity index (χ0v) is 18.2. The number of benzene rings is 1. The van der Waals surface area contributed by atoms with E-state index in [1.807, 2.05) is 31.2 Å². The summed E-state index contributed by atoms with van der Waals surface area (Å²) < 4.78 is 0.900. The number of halogens is 1. The van der Waals surface area contributed by atoms with E-state index in [9.17, 15) is 9.59 Å². The van der Waals surface area contributed by atoms with Crippen LogP contribution in [0.4, 0.5) is 10.7 Å². The highest BCUT2D eigenvalue weighted by Gasteiger charge is 2.36. The number of anilines is 2. The highest BCUT2D eigenvalue weighted by atomic mass is 79.9. The molecule has 1 aromatic carbocycles. The molecule has 0 amide bonds. The van der Waals surface area contributed by atoms with Gasteiger partial charge in [0.05, 0.1) is 10.7 Å². The highest BCUT2D eigenvalue weighted by Crippen LogP contribution is 2.50. The first-order valence-corrected chi connectivity index (χ1v) is 10.6. The van der Waals surface area contributed by atoms with Crippen LogP contribution in [0.3, 0.4) is 0 Å². The van der Waals surface area contributed by atoms with E-state index in [2.05, 4.69) is 26.2 Å². The summed E-state index contributed by atoms with van der Waals surface area (Å²) in [7, 11) is 0. The molecule has 4 rings (SSSR count). The molecule has 3 aromatic rings. The summed E-state index contributed by atoms with van der Waals surface area (Å²) in [5.74, 6) is -0.538. The van der Waals surface area contributed by atoms with Crippen molar-refractivity contribution >= 4 is 49.5 Å². The lowest BCUT2D eigenvalue weighted by Crippen LogP contribution is -2.21. The van der Waals surface area contributed by atoms with Crippen LogP contribution in [0.15, 0.2) is 64.5 Å². The van der Waals surface area contributed by atoms with Gasteiger partial charge in [0.1, 0.15) is 4.88 Å². The molecule has 146 valence electrons.